The molecule has 1 aliphatic heterocycles. The van der Waals surface area contributed by atoms with Gasteiger partial charge in [0.15, 0.2) is 0 Å². The number of ether oxygens (including phenoxy) is 1. The van der Waals surface area contributed by atoms with Crippen LogP contribution in [0.4, 0.5) is 0 Å². The van der Waals surface area contributed by atoms with Crippen LogP contribution in [0, 0.1) is 24.8 Å². The Morgan fingerprint density at radius 3 is 2.74 bits per heavy atom. The van der Waals surface area contributed by atoms with Crippen LogP contribution < -0.4 is 5.32 Å². The first-order valence-electron chi connectivity index (χ1n) is 9.48. The Balaban J connectivity index is 1.80. The van der Waals surface area contributed by atoms with Gasteiger partial charge in [-0.25, -0.2) is 0 Å². The van der Waals surface area contributed by atoms with Crippen molar-refractivity contribution in [3.8, 4) is 0 Å². The van der Waals surface area contributed by atoms with Crippen molar-refractivity contribution in [1.82, 2.24) is 0 Å². The monoisotopic (exact) mass is 317 g/mol. The molecule has 2 nitrogen and oxygen atoms in total. The minimum Gasteiger partial charge on any atom is -0.474 e. The Kier molecular flexibility index (Phi) is 4.77. The van der Waals surface area contributed by atoms with Crippen molar-refractivity contribution >= 4 is 0 Å². The van der Waals surface area contributed by atoms with Gasteiger partial charge in [0.2, 0.25) is 0 Å². The Bertz CT molecular complexity index is 498. The maximum Gasteiger partial charge on any atom is 0.0953 e. The molecular formula is C21H35NO. The number of allylic oxidation sites excluding steroid dienone is 4. The highest BCUT2D eigenvalue weighted by atomic mass is 16.6. The molecule has 5 atom stereocenters. The molecule has 1 heterocycles. The maximum atomic E-state index is 6.12. The standard InChI is InChI=1S/C21H35NO/c1-15(2)7-6-11-21(14-23-21)19-10-12-20(4,22-5)18-9-8-16(3)13-17(18)19/h7,13,17-19H,5-6,8-12,14,22H2,1-4H3/t17-,18-,19-,20-,21?/m0/s1. The maximum absolute atomic E-state index is 6.12. The molecule has 2 heteroatoms. The van der Waals surface area contributed by atoms with Crippen LogP contribution in [0.25, 0.3) is 0 Å². The molecule has 1 saturated heterocycles. The van der Waals surface area contributed by atoms with Gasteiger partial charge in [0.25, 0.3) is 0 Å². The molecule has 3 rings (SSSR count). The van der Waals surface area contributed by atoms with Crippen LogP contribution in [0.3, 0.4) is 0 Å². The molecule has 2 N–H and O–H groups in total. The molecule has 0 bridgehead atoms. The molecule has 1 unspecified atom stereocenters. The van der Waals surface area contributed by atoms with Gasteiger partial charge in [-0.15, -0.1) is 0 Å². The smallest absolute Gasteiger partial charge is 0.0953 e. The summed E-state index contributed by atoms with van der Waals surface area (Å²) in [4.78, 5) is 0. The van der Waals surface area contributed by atoms with Gasteiger partial charge in [-0.05, 0) is 71.6 Å². The molecule has 0 aromatic heterocycles. The van der Waals surface area contributed by atoms with E-state index >= 15 is 0 Å². The first-order chi connectivity index (χ1) is 10.9. The Labute approximate surface area is 142 Å². The number of epoxide rings is 1. The van der Waals surface area contributed by atoms with Crippen molar-refractivity contribution < 1.29 is 10.1 Å². The summed E-state index contributed by atoms with van der Waals surface area (Å²) < 4.78 is 6.12. The van der Waals surface area contributed by atoms with Gasteiger partial charge in [-0.2, -0.15) is 7.05 Å². The minimum absolute atomic E-state index is 0.172. The molecular weight excluding hydrogens is 282 g/mol. The summed E-state index contributed by atoms with van der Waals surface area (Å²) in [5.74, 6) is 2.16. The molecule has 1 saturated carbocycles. The van der Waals surface area contributed by atoms with Crippen LogP contribution >= 0.6 is 0 Å². The van der Waals surface area contributed by atoms with Crippen molar-refractivity contribution in [2.45, 2.75) is 77.4 Å². The molecule has 0 spiro atoms. The quantitative estimate of drug-likeness (QED) is 0.463. The van der Waals surface area contributed by atoms with E-state index in [1.54, 1.807) is 5.57 Å². The number of rotatable bonds is 5. The van der Waals surface area contributed by atoms with Crippen LogP contribution in [0.1, 0.15) is 66.2 Å². The average Bonchev–Trinajstić information content (AvgIpc) is 3.27. The SMILES string of the molecule is [CH2-][NH2+][C@@]1(C)CC[C@H](C2(CCC=C(C)C)CO2)[C@H]2C=C(C)CC[C@@H]21. The topological polar surface area (TPSA) is 29.1 Å². The highest BCUT2D eigenvalue weighted by Gasteiger charge is 2.59. The molecule has 2 fully saturated rings. The van der Waals surface area contributed by atoms with Crippen LogP contribution in [-0.4, -0.2) is 17.7 Å². The van der Waals surface area contributed by atoms with E-state index in [-0.39, 0.29) is 5.60 Å². The second-order valence-electron chi connectivity index (χ2n) is 8.76. The Morgan fingerprint density at radius 1 is 1.39 bits per heavy atom. The van der Waals surface area contributed by atoms with Crippen LogP contribution in [-0.2, 0) is 4.74 Å². The van der Waals surface area contributed by atoms with E-state index in [4.69, 9.17) is 4.74 Å². The number of hydrogen-bond donors (Lipinski definition) is 1. The van der Waals surface area contributed by atoms with E-state index in [0.29, 0.717) is 17.4 Å². The zero-order valence-electron chi connectivity index (χ0n) is 15.5. The van der Waals surface area contributed by atoms with E-state index in [0.717, 1.165) is 18.9 Å². The second-order valence-corrected chi connectivity index (χ2v) is 8.76. The summed E-state index contributed by atoms with van der Waals surface area (Å²) >= 11 is 0. The summed E-state index contributed by atoms with van der Waals surface area (Å²) in [5.41, 5.74) is 3.50. The summed E-state index contributed by atoms with van der Waals surface area (Å²) in [6, 6.07) is 0. The highest BCUT2D eigenvalue weighted by Crippen LogP contribution is 2.55. The van der Waals surface area contributed by atoms with Crippen molar-refractivity contribution in [2.75, 3.05) is 6.61 Å². The highest BCUT2D eigenvalue weighted by molar-refractivity contribution is 5.18. The van der Waals surface area contributed by atoms with Gasteiger partial charge in [-0.1, -0.05) is 23.3 Å². The second kappa shape index (κ2) is 6.37. The van der Waals surface area contributed by atoms with Gasteiger partial charge >= 0.3 is 0 Å². The van der Waals surface area contributed by atoms with Crippen molar-refractivity contribution in [3.63, 3.8) is 0 Å². The zero-order chi connectivity index (χ0) is 16.7. The van der Waals surface area contributed by atoms with Gasteiger partial charge in [-0.3, -0.25) is 0 Å². The van der Waals surface area contributed by atoms with E-state index in [9.17, 15) is 0 Å². The van der Waals surface area contributed by atoms with Crippen LogP contribution in [0.2, 0.25) is 0 Å². The Morgan fingerprint density at radius 2 is 2.13 bits per heavy atom. The zero-order valence-corrected chi connectivity index (χ0v) is 15.5. The fraction of sp³-hybridized carbons (Fsp3) is 0.762. The molecule has 2 aliphatic carbocycles. The van der Waals surface area contributed by atoms with Gasteiger partial charge < -0.3 is 10.1 Å². The lowest BCUT2D eigenvalue weighted by Crippen LogP contribution is -2.94. The third-order valence-electron chi connectivity index (χ3n) is 6.87. The third kappa shape index (κ3) is 3.30. The summed E-state index contributed by atoms with van der Waals surface area (Å²) in [7, 11) is 4.18. The molecule has 0 radical (unpaired) electrons. The van der Waals surface area contributed by atoms with E-state index in [1.807, 2.05) is 0 Å². The summed E-state index contributed by atoms with van der Waals surface area (Å²) in [5, 5.41) is 2.25. The first kappa shape index (κ1) is 17.2. The molecule has 0 amide bonds. The molecule has 0 aromatic rings. The van der Waals surface area contributed by atoms with Crippen molar-refractivity contribution in [1.29, 1.82) is 0 Å². The largest absolute Gasteiger partial charge is 0.474 e. The number of fused-ring (bicyclic) bond motifs is 1. The van der Waals surface area contributed by atoms with E-state index in [1.165, 1.54) is 37.7 Å². The molecule has 3 aliphatic rings. The van der Waals surface area contributed by atoms with Gasteiger partial charge in [0.05, 0.1) is 17.7 Å². The molecule has 0 aromatic carbocycles. The third-order valence-corrected chi connectivity index (χ3v) is 6.87. The lowest BCUT2D eigenvalue weighted by atomic mass is 9.56. The normalized spacial score (nSPS) is 42.7. The summed E-state index contributed by atoms with van der Waals surface area (Å²) in [6.07, 6.45) is 12.5. The lowest BCUT2D eigenvalue weighted by Gasteiger charge is -2.51. The fourth-order valence-corrected chi connectivity index (χ4v) is 5.22. The van der Waals surface area contributed by atoms with Gasteiger partial charge in [0.1, 0.15) is 0 Å². The minimum atomic E-state index is 0.172. The molecule has 23 heavy (non-hydrogen) atoms. The number of hydrogen-bond acceptors (Lipinski definition) is 1. The number of nitrogens with two attached hydrogens (primary N) is 1. The van der Waals surface area contributed by atoms with Crippen LogP contribution in [0.5, 0.6) is 0 Å². The Hall–Kier alpha value is -0.600. The predicted octanol–water partition coefficient (Wildman–Crippen LogP) is 4.00. The summed E-state index contributed by atoms with van der Waals surface area (Å²) in [6.45, 7) is 10.1. The van der Waals surface area contributed by atoms with Crippen molar-refractivity contribution in [2.24, 2.45) is 17.8 Å². The van der Waals surface area contributed by atoms with E-state index < -0.39 is 0 Å². The fourth-order valence-electron chi connectivity index (χ4n) is 5.22. The average molecular weight is 318 g/mol. The number of quaternary nitrogens is 1. The van der Waals surface area contributed by atoms with Crippen molar-refractivity contribution in [3.05, 3.63) is 30.3 Å². The van der Waals surface area contributed by atoms with E-state index in [2.05, 4.69) is 52.2 Å². The first-order valence-corrected chi connectivity index (χ1v) is 9.48. The van der Waals surface area contributed by atoms with Gasteiger partial charge in [0, 0.05) is 12.3 Å². The lowest BCUT2D eigenvalue weighted by molar-refractivity contribution is -0.686. The predicted molar refractivity (Wildman–Crippen MR) is 95.7 cm³/mol. The molecule has 130 valence electrons. The van der Waals surface area contributed by atoms with Crippen LogP contribution in [0.15, 0.2) is 23.3 Å².